The fourth-order valence-corrected chi connectivity index (χ4v) is 2.41. The Morgan fingerprint density at radius 3 is 2.47 bits per heavy atom. The van der Waals surface area contributed by atoms with Gasteiger partial charge in [-0.25, -0.2) is 0 Å². The van der Waals surface area contributed by atoms with Crippen molar-refractivity contribution in [2.45, 2.75) is 26.1 Å². The average Bonchev–Trinajstić information content (AvgIpc) is 2.38. The molecule has 1 atom stereocenters. The minimum atomic E-state index is -0.661. The fraction of sp³-hybridized carbons (Fsp3) is 0.250. The predicted molar refractivity (Wildman–Crippen MR) is 80.4 cm³/mol. The Balaban J connectivity index is 2.29. The van der Waals surface area contributed by atoms with Crippen molar-refractivity contribution in [2.75, 3.05) is 0 Å². The maximum atomic E-state index is 10.4. The molecule has 2 nitrogen and oxygen atoms in total. The van der Waals surface area contributed by atoms with Gasteiger partial charge in [-0.15, -0.1) is 0 Å². The molecule has 0 fully saturated rings. The van der Waals surface area contributed by atoms with Crippen LogP contribution < -0.4 is 4.74 Å². The van der Waals surface area contributed by atoms with E-state index in [1.165, 1.54) is 0 Å². The van der Waals surface area contributed by atoms with Crippen LogP contribution in [-0.4, -0.2) is 11.2 Å². The first kappa shape index (κ1) is 14.1. The van der Waals surface area contributed by atoms with E-state index in [2.05, 4.69) is 15.9 Å². The largest absolute Gasteiger partial charge is 0.491 e. The molecule has 0 aliphatic rings. The highest BCUT2D eigenvalue weighted by Gasteiger charge is 2.13. The minimum Gasteiger partial charge on any atom is -0.491 e. The van der Waals surface area contributed by atoms with E-state index in [1.54, 1.807) is 0 Å². The predicted octanol–water partition coefficient (Wildman–Crippen LogP) is 4.32. The summed E-state index contributed by atoms with van der Waals surface area (Å²) in [6.45, 7) is 3.97. The maximum Gasteiger partial charge on any atom is 0.120 e. The van der Waals surface area contributed by atoms with Crippen LogP contribution in [0.15, 0.2) is 53.0 Å². The van der Waals surface area contributed by atoms with Crippen molar-refractivity contribution < 1.29 is 9.84 Å². The van der Waals surface area contributed by atoms with Gasteiger partial charge < -0.3 is 9.84 Å². The summed E-state index contributed by atoms with van der Waals surface area (Å²) >= 11 is 3.46. The van der Waals surface area contributed by atoms with E-state index >= 15 is 0 Å². The first-order valence-electron chi connectivity index (χ1n) is 6.27. The van der Waals surface area contributed by atoms with Gasteiger partial charge in [0.15, 0.2) is 0 Å². The molecule has 1 N–H and O–H groups in total. The summed E-state index contributed by atoms with van der Waals surface area (Å²) in [4.78, 5) is 0. The lowest BCUT2D eigenvalue weighted by molar-refractivity contribution is 0.216. The van der Waals surface area contributed by atoms with Gasteiger partial charge in [0.25, 0.3) is 0 Å². The molecule has 3 heteroatoms. The van der Waals surface area contributed by atoms with Gasteiger partial charge in [0, 0.05) is 4.47 Å². The lowest BCUT2D eigenvalue weighted by Gasteiger charge is -2.15. The molecule has 0 aliphatic carbocycles. The molecule has 0 bridgehead atoms. The van der Waals surface area contributed by atoms with E-state index in [0.29, 0.717) is 0 Å². The third-order valence-corrected chi connectivity index (χ3v) is 3.47. The number of hydrogen-bond donors (Lipinski definition) is 1. The Morgan fingerprint density at radius 2 is 1.79 bits per heavy atom. The summed E-state index contributed by atoms with van der Waals surface area (Å²) in [5.41, 5.74) is 1.68. The second kappa shape index (κ2) is 6.22. The zero-order valence-electron chi connectivity index (χ0n) is 11.0. The standard InChI is InChI=1S/C16H17BrO2/c1-11(2)19-13-7-5-6-12(10-13)16(18)14-8-3-4-9-15(14)17/h3-11,16,18H,1-2H3/t16-/m1/s1. The van der Waals surface area contributed by atoms with Crippen LogP contribution in [0.4, 0.5) is 0 Å². The highest BCUT2D eigenvalue weighted by atomic mass is 79.9. The molecule has 100 valence electrons. The molecule has 2 aromatic rings. The summed E-state index contributed by atoms with van der Waals surface area (Å²) in [6, 6.07) is 15.2. The van der Waals surface area contributed by atoms with Gasteiger partial charge >= 0.3 is 0 Å². The van der Waals surface area contributed by atoms with Crippen LogP contribution in [0.2, 0.25) is 0 Å². The number of halogens is 1. The van der Waals surface area contributed by atoms with Crippen molar-refractivity contribution in [2.24, 2.45) is 0 Å². The molecule has 0 heterocycles. The highest BCUT2D eigenvalue weighted by molar-refractivity contribution is 9.10. The van der Waals surface area contributed by atoms with Gasteiger partial charge in [-0.3, -0.25) is 0 Å². The molecule has 0 radical (unpaired) electrons. The molecule has 2 aromatic carbocycles. The van der Waals surface area contributed by atoms with Crippen LogP contribution in [0.1, 0.15) is 31.1 Å². The lowest BCUT2D eigenvalue weighted by Crippen LogP contribution is -2.06. The maximum absolute atomic E-state index is 10.4. The molecule has 0 aliphatic heterocycles. The van der Waals surface area contributed by atoms with E-state index in [4.69, 9.17) is 4.74 Å². The van der Waals surface area contributed by atoms with Crippen LogP contribution in [0.25, 0.3) is 0 Å². The number of benzene rings is 2. The first-order valence-corrected chi connectivity index (χ1v) is 7.06. The Hall–Kier alpha value is -1.32. The molecular formula is C16H17BrO2. The van der Waals surface area contributed by atoms with Crippen molar-refractivity contribution in [1.82, 2.24) is 0 Å². The van der Waals surface area contributed by atoms with Crippen LogP contribution in [0.5, 0.6) is 5.75 Å². The number of hydrogen-bond acceptors (Lipinski definition) is 2. The number of rotatable bonds is 4. The molecule has 0 spiro atoms. The molecule has 0 saturated carbocycles. The molecule has 0 aromatic heterocycles. The first-order chi connectivity index (χ1) is 9.08. The minimum absolute atomic E-state index is 0.121. The quantitative estimate of drug-likeness (QED) is 0.909. The molecule has 19 heavy (non-hydrogen) atoms. The monoisotopic (exact) mass is 320 g/mol. The van der Waals surface area contributed by atoms with Gasteiger partial charge in [-0.2, -0.15) is 0 Å². The zero-order valence-corrected chi connectivity index (χ0v) is 12.6. The summed E-state index contributed by atoms with van der Waals surface area (Å²) in [6.07, 6.45) is -0.540. The third-order valence-electron chi connectivity index (χ3n) is 2.75. The van der Waals surface area contributed by atoms with Crippen LogP contribution >= 0.6 is 15.9 Å². The van der Waals surface area contributed by atoms with E-state index in [1.807, 2.05) is 62.4 Å². The van der Waals surface area contributed by atoms with Gasteiger partial charge in [0.05, 0.1) is 6.10 Å². The molecule has 2 rings (SSSR count). The summed E-state index contributed by atoms with van der Waals surface area (Å²) in [5.74, 6) is 0.776. The van der Waals surface area contributed by atoms with Gasteiger partial charge in [-0.05, 0) is 43.2 Å². The third kappa shape index (κ3) is 3.58. The van der Waals surface area contributed by atoms with E-state index in [-0.39, 0.29) is 6.10 Å². The van der Waals surface area contributed by atoms with Crippen molar-refractivity contribution >= 4 is 15.9 Å². The summed E-state index contributed by atoms with van der Waals surface area (Å²) < 4.78 is 6.55. The van der Waals surface area contributed by atoms with Crippen molar-refractivity contribution in [3.63, 3.8) is 0 Å². The lowest BCUT2D eigenvalue weighted by atomic mass is 10.0. The van der Waals surface area contributed by atoms with Crippen LogP contribution in [0.3, 0.4) is 0 Å². The topological polar surface area (TPSA) is 29.5 Å². The SMILES string of the molecule is CC(C)Oc1cccc([C@@H](O)c2ccccc2Br)c1. The normalized spacial score (nSPS) is 12.5. The Bertz CT molecular complexity index is 552. The molecule has 0 saturated heterocycles. The molecule has 0 amide bonds. The second-order valence-corrected chi connectivity index (χ2v) is 5.52. The fourth-order valence-electron chi connectivity index (χ4n) is 1.91. The average molecular weight is 321 g/mol. The van der Waals surface area contributed by atoms with E-state index < -0.39 is 6.10 Å². The Morgan fingerprint density at radius 1 is 1.05 bits per heavy atom. The number of aliphatic hydroxyl groups is 1. The van der Waals surface area contributed by atoms with Crippen molar-refractivity contribution in [1.29, 1.82) is 0 Å². The number of ether oxygens (including phenoxy) is 1. The number of aliphatic hydroxyl groups excluding tert-OH is 1. The van der Waals surface area contributed by atoms with E-state index in [9.17, 15) is 5.11 Å². The molecule has 0 unspecified atom stereocenters. The highest BCUT2D eigenvalue weighted by Crippen LogP contribution is 2.30. The summed E-state index contributed by atoms with van der Waals surface area (Å²) in [7, 11) is 0. The van der Waals surface area contributed by atoms with Gasteiger partial charge in [0.1, 0.15) is 11.9 Å². The van der Waals surface area contributed by atoms with Crippen LogP contribution in [-0.2, 0) is 0 Å². The van der Waals surface area contributed by atoms with Crippen molar-refractivity contribution in [3.05, 3.63) is 64.1 Å². The van der Waals surface area contributed by atoms with Gasteiger partial charge in [0.2, 0.25) is 0 Å². The Labute approximate surface area is 122 Å². The second-order valence-electron chi connectivity index (χ2n) is 4.66. The van der Waals surface area contributed by atoms with E-state index in [0.717, 1.165) is 21.3 Å². The molecular weight excluding hydrogens is 304 g/mol. The van der Waals surface area contributed by atoms with Crippen LogP contribution in [0, 0.1) is 0 Å². The van der Waals surface area contributed by atoms with Gasteiger partial charge in [-0.1, -0.05) is 46.3 Å². The van der Waals surface area contributed by atoms with Crippen molar-refractivity contribution in [3.8, 4) is 5.75 Å². The summed E-state index contributed by atoms with van der Waals surface area (Å²) in [5, 5.41) is 10.4. The zero-order chi connectivity index (χ0) is 13.8. The Kier molecular flexibility index (Phi) is 4.61. The smallest absolute Gasteiger partial charge is 0.120 e.